The van der Waals surface area contributed by atoms with Crippen molar-refractivity contribution in [1.29, 1.82) is 0 Å². The molecule has 0 aliphatic rings. The zero-order valence-electron chi connectivity index (χ0n) is 28.7. The van der Waals surface area contributed by atoms with Crippen molar-refractivity contribution < 1.29 is 8.83 Å². The van der Waals surface area contributed by atoms with Crippen LogP contribution in [0, 0.1) is 0 Å². The third kappa shape index (κ3) is 4.82. The molecule has 9 aromatic carbocycles. The highest BCUT2D eigenvalue weighted by atomic mass is 16.3. The number of para-hydroxylation sites is 1. The van der Waals surface area contributed by atoms with Gasteiger partial charge in [-0.1, -0.05) is 121 Å². The third-order valence-corrected chi connectivity index (χ3v) is 10.6. The summed E-state index contributed by atoms with van der Waals surface area (Å²) >= 11 is 0. The third-order valence-electron chi connectivity index (χ3n) is 10.6. The predicted octanol–water partition coefficient (Wildman–Crippen LogP) is 14.6. The van der Waals surface area contributed by atoms with Gasteiger partial charge in [0.1, 0.15) is 22.3 Å². The first-order valence-corrected chi connectivity index (χ1v) is 18.0. The van der Waals surface area contributed by atoms with Gasteiger partial charge in [-0.15, -0.1) is 0 Å². The lowest BCUT2D eigenvalue weighted by molar-refractivity contribution is 0.669. The van der Waals surface area contributed by atoms with Gasteiger partial charge in [0.25, 0.3) is 0 Å². The van der Waals surface area contributed by atoms with E-state index in [4.69, 9.17) is 8.83 Å². The number of nitrogens with zero attached hydrogens (tertiary/aromatic N) is 1. The number of hydrogen-bond donors (Lipinski definition) is 0. The summed E-state index contributed by atoms with van der Waals surface area (Å²) in [4.78, 5) is 2.31. The topological polar surface area (TPSA) is 29.5 Å². The molecule has 0 atom stereocenters. The highest BCUT2D eigenvalue weighted by molar-refractivity contribution is 6.15. The smallest absolute Gasteiger partial charge is 0.137 e. The Kier molecular flexibility index (Phi) is 6.55. The molecular weight excluding hydrogens is 647 g/mol. The lowest BCUT2D eigenvalue weighted by Crippen LogP contribution is -2.09. The maximum atomic E-state index is 6.41. The fourth-order valence-electron chi connectivity index (χ4n) is 8.11. The number of benzene rings is 9. The predicted molar refractivity (Wildman–Crippen MR) is 222 cm³/mol. The van der Waals surface area contributed by atoms with E-state index >= 15 is 0 Å². The molecule has 0 radical (unpaired) electrons. The van der Waals surface area contributed by atoms with Gasteiger partial charge in [-0.2, -0.15) is 0 Å². The number of furan rings is 2. The van der Waals surface area contributed by atoms with E-state index in [-0.39, 0.29) is 0 Å². The second kappa shape index (κ2) is 11.7. The molecule has 0 spiro atoms. The minimum Gasteiger partial charge on any atom is -0.456 e. The highest BCUT2D eigenvalue weighted by Crippen LogP contribution is 2.42. The molecule has 0 N–H and O–H groups in total. The summed E-state index contributed by atoms with van der Waals surface area (Å²) in [7, 11) is 0. The van der Waals surface area contributed by atoms with Crippen LogP contribution in [0.2, 0.25) is 0 Å². The Balaban J connectivity index is 1.04. The van der Waals surface area contributed by atoms with Crippen molar-refractivity contribution in [2.45, 2.75) is 0 Å². The van der Waals surface area contributed by atoms with Crippen molar-refractivity contribution in [3.63, 3.8) is 0 Å². The molecule has 0 aliphatic heterocycles. The van der Waals surface area contributed by atoms with Crippen LogP contribution in [-0.4, -0.2) is 0 Å². The Morgan fingerprint density at radius 3 is 1.62 bits per heavy atom. The first-order chi connectivity index (χ1) is 26.2. The van der Waals surface area contributed by atoms with Gasteiger partial charge in [0.05, 0.1) is 0 Å². The molecule has 0 saturated carbocycles. The Morgan fingerprint density at radius 1 is 0.302 bits per heavy atom. The van der Waals surface area contributed by atoms with Crippen molar-refractivity contribution in [3.05, 3.63) is 188 Å². The van der Waals surface area contributed by atoms with Crippen LogP contribution >= 0.6 is 0 Å². The minimum atomic E-state index is 0.865. The van der Waals surface area contributed by atoms with Crippen molar-refractivity contribution in [1.82, 2.24) is 0 Å². The number of anilines is 3. The van der Waals surface area contributed by atoms with Crippen LogP contribution in [0.5, 0.6) is 0 Å². The summed E-state index contributed by atoms with van der Waals surface area (Å²) in [6, 6.07) is 66.8. The van der Waals surface area contributed by atoms with Crippen LogP contribution in [-0.2, 0) is 0 Å². The summed E-state index contributed by atoms with van der Waals surface area (Å²) in [6.45, 7) is 0. The van der Waals surface area contributed by atoms with Gasteiger partial charge in [-0.3, -0.25) is 0 Å². The molecule has 0 aliphatic carbocycles. The largest absolute Gasteiger partial charge is 0.456 e. The summed E-state index contributed by atoms with van der Waals surface area (Å²) in [6.07, 6.45) is 0. The van der Waals surface area contributed by atoms with Crippen LogP contribution < -0.4 is 4.90 Å². The van der Waals surface area contributed by atoms with Crippen molar-refractivity contribution >= 4 is 82.5 Å². The molecule has 0 saturated heterocycles. The van der Waals surface area contributed by atoms with Crippen LogP contribution in [0.4, 0.5) is 17.1 Å². The number of rotatable bonds is 5. The summed E-state index contributed by atoms with van der Waals surface area (Å²) in [5, 5.41) is 9.37. The zero-order chi connectivity index (χ0) is 34.9. The first-order valence-electron chi connectivity index (χ1n) is 18.0. The van der Waals surface area contributed by atoms with Crippen molar-refractivity contribution in [2.75, 3.05) is 4.90 Å². The fourth-order valence-corrected chi connectivity index (χ4v) is 8.11. The van der Waals surface area contributed by atoms with Gasteiger partial charge in [0, 0.05) is 44.7 Å². The number of hydrogen-bond acceptors (Lipinski definition) is 3. The molecule has 3 heteroatoms. The van der Waals surface area contributed by atoms with E-state index in [9.17, 15) is 0 Å². The SMILES string of the molecule is c1ccc2cc3c(cc2c1)oc1cccc(-c2ccc(N(c4ccc(-c5cccc6ccccc56)cc4)c4ccc5c(c4)oc4ccccc45)cc2)c13. The number of fused-ring (bicyclic) bond motifs is 8. The fraction of sp³-hybridized carbons (Fsp3) is 0. The van der Waals surface area contributed by atoms with E-state index in [0.29, 0.717) is 0 Å². The first kappa shape index (κ1) is 29.6. The van der Waals surface area contributed by atoms with Gasteiger partial charge < -0.3 is 13.7 Å². The molecule has 0 amide bonds. The maximum Gasteiger partial charge on any atom is 0.137 e. The average molecular weight is 678 g/mol. The van der Waals surface area contributed by atoms with Gasteiger partial charge in [0.15, 0.2) is 0 Å². The Bertz CT molecular complexity index is 3160. The van der Waals surface area contributed by atoms with Gasteiger partial charge in [-0.05, 0) is 104 Å². The van der Waals surface area contributed by atoms with Gasteiger partial charge in [0.2, 0.25) is 0 Å². The molecule has 11 aromatic rings. The molecule has 11 rings (SSSR count). The van der Waals surface area contributed by atoms with Gasteiger partial charge in [-0.25, -0.2) is 0 Å². The lowest BCUT2D eigenvalue weighted by atomic mass is 9.97. The summed E-state index contributed by atoms with van der Waals surface area (Å²) in [5.41, 5.74) is 11.4. The van der Waals surface area contributed by atoms with Gasteiger partial charge >= 0.3 is 0 Å². The summed E-state index contributed by atoms with van der Waals surface area (Å²) < 4.78 is 12.8. The normalized spacial score (nSPS) is 11.8. The average Bonchev–Trinajstić information content (AvgIpc) is 3.78. The Hall–Kier alpha value is -7.10. The molecule has 3 nitrogen and oxygen atoms in total. The molecule has 53 heavy (non-hydrogen) atoms. The molecule has 0 bridgehead atoms. The molecule has 2 heterocycles. The van der Waals surface area contributed by atoms with E-state index in [1.807, 2.05) is 12.1 Å². The highest BCUT2D eigenvalue weighted by Gasteiger charge is 2.18. The van der Waals surface area contributed by atoms with Crippen LogP contribution in [0.1, 0.15) is 0 Å². The molecule has 0 unspecified atom stereocenters. The lowest BCUT2D eigenvalue weighted by Gasteiger charge is -2.26. The van der Waals surface area contributed by atoms with E-state index in [1.165, 1.54) is 32.7 Å². The quantitative estimate of drug-likeness (QED) is 0.182. The minimum absolute atomic E-state index is 0.865. The van der Waals surface area contributed by atoms with Crippen LogP contribution in [0.3, 0.4) is 0 Å². The zero-order valence-corrected chi connectivity index (χ0v) is 28.7. The Labute approximate surface area is 305 Å². The maximum absolute atomic E-state index is 6.41. The van der Waals surface area contributed by atoms with Crippen molar-refractivity contribution in [3.8, 4) is 22.3 Å². The second-order valence-corrected chi connectivity index (χ2v) is 13.7. The molecule has 2 aromatic heterocycles. The second-order valence-electron chi connectivity index (χ2n) is 13.7. The Morgan fingerprint density at radius 2 is 0.830 bits per heavy atom. The molecule has 0 fully saturated rings. The van der Waals surface area contributed by atoms with Crippen molar-refractivity contribution in [2.24, 2.45) is 0 Å². The van der Waals surface area contributed by atoms with Crippen LogP contribution in [0.15, 0.2) is 197 Å². The summed E-state index contributed by atoms with van der Waals surface area (Å²) in [5.74, 6) is 0. The standard InChI is InChI=1S/C50H31NO2/c1-2-11-36-30-48-45(29-35(36)10-1)50-42(16-8-18-47(50)53-48)34-21-25-38(26-22-34)51(39-27-28-44-43-14-5-6-17-46(43)52-49(44)31-39)37-23-19-33(20-24-37)41-15-7-12-32-9-3-4-13-40(32)41/h1-31H. The molecule has 248 valence electrons. The van der Waals surface area contributed by atoms with E-state index in [2.05, 4.69) is 181 Å². The van der Waals surface area contributed by atoms with E-state index < -0.39 is 0 Å². The van der Waals surface area contributed by atoms with E-state index in [0.717, 1.165) is 72.1 Å². The van der Waals surface area contributed by atoms with Crippen LogP contribution in [0.25, 0.3) is 87.7 Å². The molecular formula is C50H31NO2. The monoisotopic (exact) mass is 677 g/mol. The van der Waals surface area contributed by atoms with E-state index in [1.54, 1.807) is 0 Å².